The molecule has 0 bridgehead atoms. The summed E-state index contributed by atoms with van der Waals surface area (Å²) in [5, 5.41) is 5.02. The minimum Gasteiger partial charge on any atom is -0.352 e. The highest BCUT2D eigenvalue weighted by molar-refractivity contribution is 7.99. The summed E-state index contributed by atoms with van der Waals surface area (Å²) in [4.78, 5) is 27.9. The van der Waals surface area contributed by atoms with Crippen LogP contribution in [0.25, 0.3) is 0 Å². The Morgan fingerprint density at radius 1 is 1.00 bits per heavy atom. The number of nitrogens with one attached hydrogen (secondary N) is 1. The molecule has 2 amide bonds. The zero-order valence-corrected chi connectivity index (χ0v) is 22.7. The highest BCUT2D eigenvalue weighted by Crippen LogP contribution is 2.28. The van der Waals surface area contributed by atoms with Crippen LogP contribution in [-0.2, 0) is 21.9 Å². The Morgan fingerprint density at radius 3 is 2.24 bits per heavy atom. The second kappa shape index (κ2) is 13.7. The SMILES string of the molecule is CC[C@H](C)NC(=O)[C@H](CC)N(Cc1c(Cl)cccc1Cl)C(=O)CSCc1ccc(Cl)cc1Cl. The molecule has 2 aromatic carbocycles. The van der Waals surface area contributed by atoms with Crippen LogP contribution in [0, 0.1) is 0 Å². The maximum absolute atomic E-state index is 13.3. The van der Waals surface area contributed by atoms with Gasteiger partial charge in [-0.05, 0) is 49.6 Å². The van der Waals surface area contributed by atoms with Crippen LogP contribution in [0.3, 0.4) is 0 Å². The molecule has 0 saturated carbocycles. The third-order valence-electron chi connectivity index (χ3n) is 5.28. The van der Waals surface area contributed by atoms with E-state index in [2.05, 4.69) is 5.32 Å². The van der Waals surface area contributed by atoms with Crippen LogP contribution < -0.4 is 5.32 Å². The Morgan fingerprint density at radius 2 is 1.67 bits per heavy atom. The fraction of sp³-hybridized carbons (Fsp3) is 0.417. The predicted octanol–water partition coefficient (Wildman–Crippen LogP) is 7.26. The molecule has 9 heteroatoms. The Hall–Kier alpha value is -1.11. The molecule has 0 aliphatic heterocycles. The molecular formula is C24H28Cl4N2O2S. The summed E-state index contributed by atoms with van der Waals surface area (Å²) >= 11 is 26.4. The summed E-state index contributed by atoms with van der Waals surface area (Å²) < 4.78 is 0. The van der Waals surface area contributed by atoms with Crippen molar-refractivity contribution in [3.05, 3.63) is 67.6 Å². The van der Waals surface area contributed by atoms with Crippen molar-refractivity contribution in [2.75, 3.05) is 5.75 Å². The van der Waals surface area contributed by atoms with E-state index in [1.165, 1.54) is 11.8 Å². The van der Waals surface area contributed by atoms with Crippen LogP contribution in [-0.4, -0.2) is 34.6 Å². The Kier molecular flexibility index (Phi) is 11.7. The molecule has 1 N–H and O–H groups in total. The standard InChI is InChI=1S/C24H28Cl4N2O2S/c1-4-15(3)29-24(32)22(5-2)30(12-18-19(26)7-6-8-20(18)27)23(31)14-33-13-16-9-10-17(25)11-21(16)28/h6-11,15,22H,4-5,12-14H2,1-3H3,(H,29,32)/t15-,22-/m0/s1. The average molecular weight is 550 g/mol. The van der Waals surface area contributed by atoms with Crippen molar-refractivity contribution in [2.24, 2.45) is 0 Å². The number of halogens is 4. The Balaban J connectivity index is 2.22. The van der Waals surface area contributed by atoms with E-state index < -0.39 is 6.04 Å². The van der Waals surface area contributed by atoms with Gasteiger partial charge < -0.3 is 10.2 Å². The van der Waals surface area contributed by atoms with Crippen molar-refractivity contribution >= 4 is 70.0 Å². The Bertz CT molecular complexity index is 953. The van der Waals surface area contributed by atoms with Gasteiger partial charge in [0, 0.05) is 44.0 Å². The summed E-state index contributed by atoms with van der Waals surface area (Å²) in [6, 6.07) is 9.86. The zero-order chi connectivity index (χ0) is 24.5. The molecule has 2 atom stereocenters. The molecule has 4 nitrogen and oxygen atoms in total. The molecule has 0 saturated heterocycles. The number of hydrogen-bond donors (Lipinski definition) is 1. The molecule has 0 fully saturated rings. The monoisotopic (exact) mass is 548 g/mol. The van der Waals surface area contributed by atoms with Gasteiger partial charge in [0.2, 0.25) is 11.8 Å². The van der Waals surface area contributed by atoms with Crippen LogP contribution in [0.15, 0.2) is 36.4 Å². The van der Waals surface area contributed by atoms with Crippen molar-refractivity contribution in [3.8, 4) is 0 Å². The molecule has 0 spiro atoms. The number of rotatable bonds is 11. The first-order valence-corrected chi connectivity index (χ1v) is 13.4. The van der Waals surface area contributed by atoms with E-state index in [1.807, 2.05) is 26.8 Å². The quantitative estimate of drug-likeness (QED) is 0.321. The average Bonchev–Trinajstić information content (AvgIpc) is 2.76. The van der Waals surface area contributed by atoms with Crippen molar-refractivity contribution in [1.29, 1.82) is 0 Å². The Labute approximate surface area is 220 Å². The highest BCUT2D eigenvalue weighted by Gasteiger charge is 2.30. The van der Waals surface area contributed by atoms with E-state index >= 15 is 0 Å². The normalized spacial score (nSPS) is 12.8. The third-order valence-corrected chi connectivity index (χ3v) is 7.54. The maximum atomic E-state index is 13.3. The van der Waals surface area contributed by atoms with E-state index in [1.54, 1.807) is 35.2 Å². The van der Waals surface area contributed by atoms with Gasteiger partial charge in [-0.15, -0.1) is 11.8 Å². The first kappa shape index (κ1) is 28.1. The van der Waals surface area contributed by atoms with Gasteiger partial charge in [0.1, 0.15) is 6.04 Å². The fourth-order valence-corrected chi connectivity index (χ4v) is 5.17. The van der Waals surface area contributed by atoms with Gasteiger partial charge in [-0.1, -0.05) is 72.4 Å². The summed E-state index contributed by atoms with van der Waals surface area (Å²) in [5.41, 5.74) is 1.51. The fourth-order valence-electron chi connectivity index (χ4n) is 3.18. The van der Waals surface area contributed by atoms with E-state index in [-0.39, 0.29) is 30.2 Å². The minimum absolute atomic E-state index is 0.00817. The van der Waals surface area contributed by atoms with Crippen molar-refractivity contribution in [1.82, 2.24) is 10.2 Å². The minimum atomic E-state index is -0.640. The third kappa shape index (κ3) is 8.25. The number of nitrogens with zero attached hydrogens (tertiary/aromatic N) is 1. The molecule has 0 aliphatic carbocycles. The lowest BCUT2D eigenvalue weighted by Crippen LogP contribution is -2.51. The van der Waals surface area contributed by atoms with Crippen molar-refractivity contribution in [2.45, 2.75) is 58.0 Å². The first-order chi connectivity index (χ1) is 15.7. The van der Waals surface area contributed by atoms with Crippen LogP contribution in [0.2, 0.25) is 20.1 Å². The second-order valence-electron chi connectivity index (χ2n) is 7.69. The van der Waals surface area contributed by atoms with E-state index in [4.69, 9.17) is 46.4 Å². The van der Waals surface area contributed by atoms with Gasteiger partial charge >= 0.3 is 0 Å². The molecule has 0 aliphatic rings. The summed E-state index contributed by atoms with van der Waals surface area (Å²) in [7, 11) is 0. The lowest BCUT2D eigenvalue weighted by atomic mass is 10.1. The zero-order valence-electron chi connectivity index (χ0n) is 18.8. The second-order valence-corrected chi connectivity index (χ2v) is 10.3. The van der Waals surface area contributed by atoms with Crippen molar-refractivity contribution in [3.63, 3.8) is 0 Å². The van der Waals surface area contributed by atoms with Crippen molar-refractivity contribution < 1.29 is 9.59 Å². The molecule has 0 radical (unpaired) electrons. The summed E-state index contributed by atoms with van der Waals surface area (Å²) in [6.07, 6.45) is 1.26. The van der Waals surface area contributed by atoms with E-state index in [9.17, 15) is 9.59 Å². The topological polar surface area (TPSA) is 49.4 Å². The first-order valence-electron chi connectivity index (χ1n) is 10.7. The molecule has 2 rings (SSSR count). The maximum Gasteiger partial charge on any atom is 0.243 e. The van der Waals surface area contributed by atoms with Gasteiger partial charge in [0.05, 0.1) is 5.75 Å². The van der Waals surface area contributed by atoms with Gasteiger partial charge in [-0.2, -0.15) is 0 Å². The van der Waals surface area contributed by atoms with Crippen LogP contribution in [0.1, 0.15) is 44.7 Å². The van der Waals surface area contributed by atoms with Gasteiger partial charge in [-0.3, -0.25) is 9.59 Å². The molecule has 0 aromatic heterocycles. The number of amides is 2. The largest absolute Gasteiger partial charge is 0.352 e. The lowest BCUT2D eigenvalue weighted by Gasteiger charge is -2.32. The molecule has 0 unspecified atom stereocenters. The molecule has 33 heavy (non-hydrogen) atoms. The summed E-state index contributed by atoms with van der Waals surface area (Å²) in [6.45, 7) is 5.96. The summed E-state index contributed by atoms with van der Waals surface area (Å²) in [5.74, 6) is 0.355. The molecule has 2 aromatic rings. The number of thioether (sulfide) groups is 1. The smallest absolute Gasteiger partial charge is 0.243 e. The van der Waals surface area contributed by atoms with Gasteiger partial charge in [-0.25, -0.2) is 0 Å². The number of hydrogen-bond acceptors (Lipinski definition) is 3. The lowest BCUT2D eigenvalue weighted by molar-refractivity contribution is -0.139. The van der Waals surface area contributed by atoms with E-state index in [0.717, 1.165) is 12.0 Å². The van der Waals surface area contributed by atoms with Gasteiger partial charge in [0.25, 0.3) is 0 Å². The highest BCUT2D eigenvalue weighted by atomic mass is 35.5. The number of carbonyl (C=O) groups excluding carboxylic acids is 2. The predicted molar refractivity (Wildman–Crippen MR) is 142 cm³/mol. The van der Waals surface area contributed by atoms with Crippen LogP contribution in [0.4, 0.5) is 0 Å². The van der Waals surface area contributed by atoms with E-state index in [0.29, 0.717) is 37.8 Å². The van der Waals surface area contributed by atoms with Gasteiger partial charge in [0.15, 0.2) is 0 Å². The molecule has 0 heterocycles. The number of carbonyl (C=O) groups is 2. The van der Waals surface area contributed by atoms with Crippen LogP contribution >= 0.6 is 58.2 Å². The van der Waals surface area contributed by atoms with Crippen LogP contribution in [0.5, 0.6) is 0 Å². The molecule has 180 valence electrons. The number of benzene rings is 2. The molecular weight excluding hydrogens is 522 g/mol.